The van der Waals surface area contributed by atoms with Gasteiger partial charge in [-0.05, 0) is 74.7 Å². The Balaban J connectivity index is 2.12. The third-order valence-electron chi connectivity index (χ3n) is 7.50. The van der Waals surface area contributed by atoms with Crippen molar-refractivity contribution in [3.63, 3.8) is 0 Å². The molecule has 12 nitrogen and oxygen atoms in total. The molecule has 0 saturated heterocycles. The molecule has 0 radical (unpaired) electrons. The summed E-state index contributed by atoms with van der Waals surface area (Å²) in [4.78, 5) is 39.6. The molecule has 1 N–H and O–H groups in total. The zero-order valence-corrected chi connectivity index (χ0v) is 27.2. The highest BCUT2D eigenvalue weighted by atomic mass is 32.2. The molecule has 0 saturated carbocycles. The van der Waals surface area contributed by atoms with Crippen LogP contribution in [0, 0.1) is 17.0 Å². The number of hydrogen-bond acceptors (Lipinski definition) is 8. The highest BCUT2D eigenvalue weighted by Crippen LogP contribution is 2.30. The molecule has 0 heterocycles. The van der Waals surface area contributed by atoms with Crippen LogP contribution in [-0.4, -0.2) is 62.9 Å². The van der Waals surface area contributed by atoms with E-state index < -0.39 is 33.4 Å². The summed E-state index contributed by atoms with van der Waals surface area (Å²) in [6.45, 7) is 6.41. The number of benzene rings is 3. The standard InChI is InChI=1S/C32H40N4O8S/c1-7-23(4)33-32(38)29(8-2)34(20-24-10-14-26(43-5)15-11-24)31(37)21-35(25-12-16-27(44-6)17-13-25)45(41,42)28-18-9-22(3)30(19-28)36(39)40/h9-19,23,29H,7-8,20-21H2,1-6H3,(H,33,38)/t23-,29-/m0/s1. The van der Waals surface area contributed by atoms with Gasteiger partial charge < -0.3 is 19.7 Å². The topological polar surface area (TPSA) is 148 Å². The first-order chi connectivity index (χ1) is 21.4. The van der Waals surface area contributed by atoms with Crippen molar-refractivity contribution in [1.82, 2.24) is 10.2 Å². The molecule has 0 aliphatic rings. The number of amides is 2. The fraction of sp³-hybridized carbons (Fsp3) is 0.375. The van der Waals surface area contributed by atoms with E-state index in [1.807, 2.05) is 13.8 Å². The van der Waals surface area contributed by atoms with Gasteiger partial charge in [-0.1, -0.05) is 32.0 Å². The van der Waals surface area contributed by atoms with Crippen molar-refractivity contribution in [2.24, 2.45) is 0 Å². The Hall–Kier alpha value is -4.65. The van der Waals surface area contributed by atoms with Crippen molar-refractivity contribution in [3.05, 3.63) is 88.0 Å². The number of rotatable bonds is 15. The molecule has 0 fully saturated rings. The van der Waals surface area contributed by atoms with E-state index in [1.54, 1.807) is 43.3 Å². The average molecular weight is 641 g/mol. The Bertz CT molecular complexity index is 1590. The molecule has 0 bridgehead atoms. The third kappa shape index (κ3) is 8.50. The predicted octanol–water partition coefficient (Wildman–Crippen LogP) is 4.84. The van der Waals surface area contributed by atoms with Crippen LogP contribution in [0.15, 0.2) is 71.6 Å². The maximum absolute atomic E-state index is 14.2. The van der Waals surface area contributed by atoms with Gasteiger partial charge in [-0.15, -0.1) is 0 Å². The SMILES string of the molecule is CC[C@H](C)NC(=O)[C@H](CC)N(Cc1ccc(OC)cc1)C(=O)CN(c1ccc(OC)cc1)S(=O)(=O)c1ccc(C)c([N+](=O)[O-])c1. The van der Waals surface area contributed by atoms with E-state index in [9.17, 15) is 28.1 Å². The van der Waals surface area contributed by atoms with Crippen LogP contribution in [-0.2, 0) is 26.2 Å². The van der Waals surface area contributed by atoms with Crippen molar-refractivity contribution in [3.8, 4) is 11.5 Å². The number of nitro benzene ring substituents is 1. The number of nitro groups is 1. The van der Waals surface area contributed by atoms with Crippen LogP contribution in [0.5, 0.6) is 11.5 Å². The van der Waals surface area contributed by atoms with Crippen LogP contribution in [0.25, 0.3) is 0 Å². The second kappa shape index (κ2) is 15.4. The number of ether oxygens (including phenoxy) is 2. The lowest BCUT2D eigenvalue weighted by Crippen LogP contribution is -2.53. The van der Waals surface area contributed by atoms with Crippen LogP contribution < -0.4 is 19.1 Å². The van der Waals surface area contributed by atoms with Crippen molar-refractivity contribution < 1.29 is 32.4 Å². The number of anilines is 1. The molecule has 242 valence electrons. The second-order valence-electron chi connectivity index (χ2n) is 10.5. The van der Waals surface area contributed by atoms with Gasteiger partial charge in [0.1, 0.15) is 24.1 Å². The van der Waals surface area contributed by atoms with Crippen LogP contribution in [0.1, 0.15) is 44.7 Å². The lowest BCUT2D eigenvalue weighted by molar-refractivity contribution is -0.385. The monoisotopic (exact) mass is 640 g/mol. The van der Waals surface area contributed by atoms with Crippen molar-refractivity contribution in [1.29, 1.82) is 0 Å². The van der Waals surface area contributed by atoms with Gasteiger partial charge in [0.2, 0.25) is 11.8 Å². The average Bonchev–Trinajstić information content (AvgIpc) is 3.03. The number of carbonyl (C=O) groups is 2. The Morgan fingerprint density at radius 1 is 0.933 bits per heavy atom. The van der Waals surface area contributed by atoms with Gasteiger partial charge in [0, 0.05) is 24.2 Å². The van der Waals surface area contributed by atoms with E-state index in [-0.39, 0.29) is 46.7 Å². The van der Waals surface area contributed by atoms with Crippen molar-refractivity contribution in [2.45, 2.75) is 64.1 Å². The van der Waals surface area contributed by atoms with Gasteiger partial charge in [-0.3, -0.25) is 24.0 Å². The number of nitrogens with zero attached hydrogens (tertiary/aromatic N) is 3. The van der Waals surface area contributed by atoms with Gasteiger partial charge in [0.15, 0.2) is 0 Å². The second-order valence-corrected chi connectivity index (χ2v) is 12.4. The van der Waals surface area contributed by atoms with Crippen molar-refractivity contribution in [2.75, 3.05) is 25.1 Å². The number of nitrogens with one attached hydrogen (secondary N) is 1. The Morgan fingerprint density at radius 3 is 2.02 bits per heavy atom. The van der Waals surface area contributed by atoms with Crippen molar-refractivity contribution >= 4 is 33.2 Å². The first-order valence-corrected chi connectivity index (χ1v) is 15.9. The highest BCUT2D eigenvalue weighted by Gasteiger charge is 2.34. The summed E-state index contributed by atoms with van der Waals surface area (Å²) < 4.78 is 39.6. The Labute approximate surface area is 264 Å². The zero-order chi connectivity index (χ0) is 33.3. The largest absolute Gasteiger partial charge is 0.497 e. The number of methoxy groups -OCH3 is 2. The molecule has 13 heteroatoms. The molecule has 45 heavy (non-hydrogen) atoms. The number of sulfonamides is 1. The number of hydrogen-bond donors (Lipinski definition) is 1. The van der Waals surface area contributed by atoms with Crippen LogP contribution in [0.4, 0.5) is 11.4 Å². The van der Waals surface area contributed by atoms with Gasteiger partial charge in [-0.2, -0.15) is 0 Å². The van der Waals surface area contributed by atoms with Crippen LogP contribution >= 0.6 is 0 Å². The molecule has 2 atom stereocenters. The minimum absolute atomic E-state index is 0.0156. The summed E-state index contributed by atoms with van der Waals surface area (Å²) in [5.74, 6) is 0.0733. The molecule has 0 aliphatic heterocycles. The van der Waals surface area contributed by atoms with Gasteiger partial charge >= 0.3 is 0 Å². The lowest BCUT2D eigenvalue weighted by atomic mass is 10.1. The van der Waals surface area contributed by atoms with E-state index in [0.29, 0.717) is 23.5 Å². The molecule has 2 amide bonds. The van der Waals surface area contributed by atoms with E-state index >= 15 is 0 Å². The maximum atomic E-state index is 14.2. The molecule has 0 aromatic heterocycles. The summed E-state index contributed by atoms with van der Waals surface area (Å²) in [7, 11) is -1.51. The predicted molar refractivity (Wildman–Crippen MR) is 171 cm³/mol. The molecule has 0 unspecified atom stereocenters. The lowest BCUT2D eigenvalue weighted by Gasteiger charge is -2.33. The molecule has 0 aliphatic carbocycles. The smallest absolute Gasteiger partial charge is 0.273 e. The molecular formula is C32H40N4O8S. The van der Waals surface area contributed by atoms with Gasteiger partial charge in [-0.25, -0.2) is 8.42 Å². The van der Waals surface area contributed by atoms with Crippen LogP contribution in [0.3, 0.4) is 0 Å². The normalized spacial score (nSPS) is 12.5. The van der Waals surface area contributed by atoms with E-state index in [2.05, 4.69) is 5.32 Å². The third-order valence-corrected chi connectivity index (χ3v) is 9.27. The quantitative estimate of drug-likeness (QED) is 0.183. The highest BCUT2D eigenvalue weighted by molar-refractivity contribution is 7.92. The fourth-order valence-corrected chi connectivity index (χ4v) is 6.07. The van der Waals surface area contributed by atoms with Gasteiger partial charge in [0.05, 0.1) is 29.7 Å². The summed E-state index contributed by atoms with van der Waals surface area (Å²) >= 11 is 0. The molecule has 3 rings (SSSR count). The molecule has 3 aromatic rings. The molecule has 3 aromatic carbocycles. The first-order valence-electron chi connectivity index (χ1n) is 14.5. The van der Waals surface area contributed by atoms with E-state index in [0.717, 1.165) is 10.4 Å². The maximum Gasteiger partial charge on any atom is 0.273 e. The summed E-state index contributed by atoms with van der Waals surface area (Å²) in [6.07, 6.45) is 0.949. The van der Waals surface area contributed by atoms with E-state index in [4.69, 9.17) is 9.47 Å². The molecular weight excluding hydrogens is 600 g/mol. The Kier molecular flexibility index (Phi) is 11.9. The van der Waals surface area contributed by atoms with E-state index in [1.165, 1.54) is 50.3 Å². The first kappa shape index (κ1) is 34.8. The number of aryl methyl sites for hydroxylation is 1. The summed E-state index contributed by atoms with van der Waals surface area (Å²) in [5.41, 5.74) is 0.751. The molecule has 0 spiro atoms. The summed E-state index contributed by atoms with van der Waals surface area (Å²) in [5, 5.41) is 14.6. The number of carbonyl (C=O) groups excluding carboxylic acids is 2. The van der Waals surface area contributed by atoms with Crippen LogP contribution in [0.2, 0.25) is 0 Å². The minimum atomic E-state index is -4.51. The summed E-state index contributed by atoms with van der Waals surface area (Å²) in [6, 6.07) is 15.6. The van der Waals surface area contributed by atoms with Gasteiger partial charge in [0.25, 0.3) is 15.7 Å². The minimum Gasteiger partial charge on any atom is -0.497 e. The fourth-order valence-electron chi connectivity index (χ4n) is 4.64. The zero-order valence-electron chi connectivity index (χ0n) is 26.3. The Morgan fingerprint density at radius 2 is 1.51 bits per heavy atom.